The second kappa shape index (κ2) is 9.97. The number of sulfone groups is 1. The van der Waals surface area contributed by atoms with Crippen molar-refractivity contribution >= 4 is 21.4 Å². The summed E-state index contributed by atoms with van der Waals surface area (Å²) in [4.78, 5) is 21.5. The number of carbonyl (C=O) groups is 1. The Labute approximate surface area is 223 Å². The van der Waals surface area contributed by atoms with Gasteiger partial charge in [0.25, 0.3) is 11.8 Å². The number of hydrogen-bond acceptors (Lipinski definition) is 8. The number of halogens is 3. The molecule has 2 N–H and O–H groups in total. The second-order valence-electron chi connectivity index (χ2n) is 10.4. The number of fused-ring (bicyclic) bond motifs is 1. The Kier molecular flexibility index (Phi) is 7.32. The summed E-state index contributed by atoms with van der Waals surface area (Å²) in [6.07, 6.45) is -1.24. The Bertz CT molecular complexity index is 1500. The molecule has 1 fully saturated rings. The summed E-state index contributed by atoms with van der Waals surface area (Å²) < 4.78 is 74.3. The van der Waals surface area contributed by atoms with E-state index < -0.39 is 39.7 Å². The van der Waals surface area contributed by atoms with Crippen LogP contribution in [0.15, 0.2) is 30.6 Å². The van der Waals surface area contributed by atoms with E-state index in [9.17, 15) is 31.5 Å². The van der Waals surface area contributed by atoms with Crippen molar-refractivity contribution in [1.29, 1.82) is 0 Å². The van der Waals surface area contributed by atoms with Crippen molar-refractivity contribution in [3.05, 3.63) is 47.5 Å². The van der Waals surface area contributed by atoms with Crippen molar-refractivity contribution in [2.75, 3.05) is 18.1 Å². The van der Waals surface area contributed by atoms with Gasteiger partial charge < -0.3 is 19.9 Å². The molecule has 0 saturated carbocycles. The number of carbonyl (C=O) groups excluding carboxylic acids is 1. The van der Waals surface area contributed by atoms with Crippen LogP contribution in [0.2, 0.25) is 0 Å². The van der Waals surface area contributed by atoms with Gasteiger partial charge >= 0.3 is 6.18 Å². The van der Waals surface area contributed by atoms with Gasteiger partial charge in [0, 0.05) is 17.3 Å². The molecular formula is C25H29F3N4O6S. The van der Waals surface area contributed by atoms with Gasteiger partial charge in [-0.25, -0.2) is 18.4 Å². The Morgan fingerprint density at radius 2 is 1.90 bits per heavy atom. The fraction of sp³-hybridized carbons (Fsp3) is 0.480. The highest BCUT2D eigenvalue weighted by Gasteiger charge is 2.35. The van der Waals surface area contributed by atoms with Gasteiger partial charge in [-0.05, 0) is 58.7 Å². The molecule has 14 heteroatoms. The molecule has 0 unspecified atom stereocenters. The molecule has 0 aromatic carbocycles. The van der Waals surface area contributed by atoms with Crippen LogP contribution in [0.3, 0.4) is 0 Å². The highest BCUT2D eigenvalue weighted by Crippen LogP contribution is 2.34. The van der Waals surface area contributed by atoms with E-state index in [4.69, 9.17) is 9.47 Å². The van der Waals surface area contributed by atoms with Crippen LogP contribution in [0.1, 0.15) is 55.4 Å². The number of aliphatic hydroxyl groups is 1. The number of nitrogens with one attached hydrogen (secondary N) is 1. The molecule has 1 aliphatic rings. The third kappa shape index (κ3) is 6.79. The maximum Gasteiger partial charge on any atom is 0.422 e. The zero-order valence-corrected chi connectivity index (χ0v) is 22.6. The van der Waals surface area contributed by atoms with Crippen LogP contribution in [0, 0.1) is 6.92 Å². The SMILES string of the molecule is Cc1c(C(=O)NC2(C)CCS(=O)(=O)CC2)nc2ccc(Oc3ncc(C(C)(C)O)cc3OCC(F)(F)F)cn12. The minimum absolute atomic E-state index is 0.00584. The second-order valence-corrected chi connectivity index (χ2v) is 12.7. The molecule has 3 aromatic rings. The van der Waals surface area contributed by atoms with E-state index in [0.717, 1.165) is 0 Å². The van der Waals surface area contributed by atoms with E-state index in [2.05, 4.69) is 15.3 Å². The summed E-state index contributed by atoms with van der Waals surface area (Å²) in [5.74, 6) is -0.839. The summed E-state index contributed by atoms with van der Waals surface area (Å²) >= 11 is 0. The van der Waals surface area contributed by atoms with Gasteiger partial charge in [-0.2, -0.15) is 13.2 Å². The molecule has 0 bridgehead atoms. The molecule has 1 amide bonds. The topological polar surface area (TPSA) is 132 Å². The molecule has 0 atom stereocenters. The first-order valence-electron chi connectivity index (χ1n) is 12.1. The molecular weight excluding hydrogens is 541 g/mol. The minimum Gasteiger partial charge on any atom is -0.478 e. The monoisotopic (exact) mass is 570 g/mol. The number of amides is 1. The smallest absolute Gasteiger partial charge is 0.422 e. The van der Waals surface area contributed by atoms with Gasteiger partial charge in [0.05, 0.1) is 29.0 Å². The van der Waals surface area contributed by atoms with E-state index >= 15 is 0 Å². The minimum atomic E-state index is -4.60. The van der Waals surface area contributed by atoms with Crippen LogP contribution in [-0.4, -0.2) is 63.6 Å². The third-order valence-corrected chi connectivity index (χ3v) is 8.17. The Balaban J connectivity index is 1.59. The van der Waals surface area contributed by atoms with Crippen LogP contribution in [0.25, 0.3) is 5.65 Å². The molecule has 0 spiro atoms. The number of hydrogen-bond donors (Lipinski definition) is 2. The van der Waals surface area contributed by atoms with Gasteiger partial charge in [0.15, 0.2) is 12.4 Å². The van der Waals surface area contributed by atoms with Crippen molar-refractivity contribution in [3.8, 4) is 17.4 Å². The standard InChI is InChI=1S/C25H29F3N4O6S/c1-15-20(21(33)31-24(4)7-9-39(35,36)10-8-24)30-19-6-5-17(13-32(15)19)38-22-18(37-14-25(26,27)28)11-16(12-29-22)23(2,3)34/h5-6,11-13,34H,7-10,14H2,1-4H3,(H,31,33). The first kappa shape index (κ1) is 28.6. The summed E-state index contributed by atoms with van der Waals surface area (Å²) in [5.41, 5.74) is -0.808. The number of aromatic nitrogens is 3. The van der Waals surface area contributed by atoms with Crippen LogP contribution in [0.5, 0.6) is 17.4 Å². The maximum atomic E-state index is 13.0. The predicted octanol–water partition coefficient (Wildman–Crippen LogP) is 3.70. The highest BCUT2D eigenvalue weighted by atomic mass is 32.2. The molecule has 10 nitrogen and oxygen atoms in total. The normalized spacial score (nSPS) is 17.1. The van der Waals surface area contributed by atoms with Crippen LogP contribution in [-0.2, 0) is 15.4 Å². The van der Waals surface area contributed by atoms with Crippen molar-refractivity contribution in [2.24, 2.45) is 0 Å². The zero-order valence-electron chi connectivity index (χ0n) is 21.8. The van der Waals surface area contributed by atoms with Crippen molar-refractivity contribution < 1.29 is 41.0 Å². The fourth-order valence-corrected chi connectivity index (χ4v) is 5.81. The van der Waals surface area contributed by atoms with Crippen LogP contribution >= 0.6 is 0 Å². The van der Waals surface area contributed by atoms with Crippen molar-refractivity contribution in [2.45, 2.75) is 57.9 Å². The molecule has 39 heavy (non-hydrogen) atoms. The van der Waals surface area contributed by atoms with Gasteiger partial charge in [-0.1, -0.05) is 0 Å². The zero-order chi connectivity index (χ0) is 28.8. The lowest BCUT2D eigenvalue weighted by molar-refractivity contribution is -0.153. The van der Waals surface area contributed by atoms with Crippen molar-refractivity contribution in [1.82, 2.24) is 19.7 Å². The number of aryl methyl sites for hydroxylation is 1. The largest absolute Gasteiger partial charge is 0.478 e. The van der Waals surface area contributed by atoms with Gasteiger partial charge in [-0.3, -0.25) is 9.20 Å². The number of imidazole rings is 1. The molecule has 1 saturated heterocycles. The molecule has 4 heterocycles. The maximum absolute atomic E-state index is 13.0. The van der Waals surface area contributed by atoms with E-state index in [1.165, 1.54) is 38.4 Å². The van der Waals surface area contributed by atoms with Gasteiger partial charge in [0.2, 0.25) is 0 Å². The molecule has 0 aliphatic carbocycles. The Morgan fingerprint density at radius 1 is 1.23 bits per heavy atom. The van der Waals surface area contributed by atoms with E-state index in [0.29, 0.717) is 24.2 Å². The van der Waals surface area contributed by atoms with E-state index in [1.807, 2.05) is 0 Å². The van der Waals surface area contributed by atoms with Gasteiger partial charge in [-0.15, -0.1) is 0 Å². The first-order valence-corrected chi connectivity index (χ1v) is 13.9. The molecule has 4 rings (SSSR count). The summed E-state index contributed by atoms with van der Waals surface area (Å²) in [6, 6.07) is 4.31. The lowest BCUT2D eigenvalue weighted by atomic mass is 9.94. The number of ether oxygens (including phenoxy) is 2. The average Bonchev–Trinajstić information content (AvgIpc) is 3.15. The Morgan fingerprint density at radius 3 is 2.51 bits per heavy atom. The predicted molar refractivity (Wildman–Crippen MR) is 135 cm³/mol. The molecule has 212 valence electrons. The van der Waals surface area contributed by atoms with E-state index in [-0.39, 0.29) is 40.1 Å². The Hall–Kier alpha value is -3.39. The lowest BCUT2D eigenvalue weighted by Crippen LogP contribution is -2.51. The average molecular weight is 571 g/mol. The summed E-state index contributed by atoms with van der Waals surface area (Å²) in [5, 5.41) is 13.1. The summed E-state index contributed by atoms with van der Waals surface area (Å²) in [6.45, 7) is 4.80. The molecule has 0 radical (unpaired) electrons. The summed E-state index contributed by atoms with van der Waals surface area (Å²) in [7, 11) is -3.10. The van der Waals surface area contributed by atoms with E-state index in [1.54, 1.807) is 24.3 Å². The highest BCUT2D eigenvalue weighted by molar-refractivity contribution is 7.91. The molecule has 1 aliphatic heterocycles. The molecule has 3 aromatic heterocycles. The lowest BCUT2D eigenvalue weighted by Gasteiger charge is -2.34. The third-order valence-electron chi connectivity index (χ3n) is 6.52. The van der Waals surface area contributed by atoms with Crippen LogP contribution < -0.4 is 14.8 Å². The number of nitrogens with zero attached hydrogens (tertiary/aromatic N) is 3. The quantitative estimate of drug-likeness (QED) is 0.440. The number of pyridine rings is 2. The first-order chi connectivity index (χ1) is 17.9. The number of alkyl halides is 3. The fourth-order valence-electron chi connectivity index (χ4n) is 4.08. The van der Waals surface area contributed by atoms with Crippen molar-refractivity contribution in [3.63, 3.8) is 0 Å². The van der Waals surface area contributed by atoms with Gasteiger partial charge in [0.1, 0.15) is 26.9 Å². The number of rotatable bonds is 7. The van der Waals surface area contributed by atoms with Crippen LogP contribution in [0.4, 0.5) is 13.2 Å².